The van der Waals surface area contributed by atoms with Crippen molar-refractivity contribution >= 4 is 58.5 Å². The number of hydrogen-bond donors (Lipinski definition) is 1. The molecule has 2 aromatic carbocycles. The van der Waals surface area contributed by atoms with E-state index < -0.39 is 94.5 Å². The molecule has 8 rings (SSSR count). The van der Waals surface area contributed by atoms with E-state index in [-0.39, 0.29) is 46.6 Å². The van der Waals surface area contributed by atoms with E-state index in [1.54, 1.807) is 12.1 Å². The van der Waals surface area contributed by atoms with Crippen molar-refractivity contribution in [3.8, 4) is 11.5 Å². The maximum absolute atomic E-state index is 14.6. The molecule has 4 amide bonds. The molecule has 0 radical (unpaired) electrons. The van der Waals surface area contributed by atoms with E-state index in [2.05, 4.69) is 9.97 Å². The first kappa shape index (κ1) is 41.8. The number of phenolic OH excluding ortho intramolecular Hbond substituents is 1. The maximum atomic E-state index is 14.6. The lowest BCUT2D eigenvalue weighted by Gasteiger charge is -2.44. The first-order valence-corrected chi connectivity index (χ1v) is 19.4. The zero-order valence-electron chi connectivity index (χ0n) is 31.8. The number of allylic oxidation sites excluding steroid dienone is 2. The number of aromatic nitrogens is 2. The number of amides is 4. The quantitative estimate of drug-likeness (QED) is 0.106. The van der Waals surface area contributed by atoms with E-state index in [0.29, 0.717) is 27.7 Å². The summed E-state index contributed by atoms with van der Waals surface area (Å²) in [4.78, 5) is 64.9. The molecular weight excluding hydrogens is 857 g/mol. The fraction of sp³-hybridized carbons (Fsp3) is 0.317. The van der Waals surface area contributed by atoms with Crippen LogP contribution in [0.25, 0.3) is 0 Å². The van der Waals surface area contributed by atoms with Crippen molar-refractivity contribution < 1.29 is 55.4 Å². The lowest BCUT2D eigenvalue weighted by molar-refractivity contribution is -0.143. The Labute approximate surface area is 352 Å². The third kappa shape index (κ3) is 7.18. The largest absolute Gasteiger partial charge is 0.508 e. The Bertz CT molecular complexity index is 2510. The number of anilines is 2. The van der Waals surface area contributed by atoms with Gasteiger partial charge in [-0.05, 0) is 54.7 Å². The van der Waals surface area contributed by atoms with Crippen LogP contribution in [0.15, 0.2) is 84.4 Å². The number of alkyl halides is 6. The van der Waals surface area contributed by atoms with Gasteiger partial charge in [0, 0.05) is 31.6 Å². The average molecular weight is 890 g/mol. The number of fused-ring (bicyclic) bond motifs is 4. The van der Waals surface area contributed by atoms with E-state index in [1.807, 2.05) is 30.3 Å². The lowest BCUT2D eigenvalue weighted by Crippen LogP contribution is -2.46. The summed E-state index contributed by atoms with van der Waals surface area (Å²) >= 11 is 12.5. The molecule has 1 saturated carbocycles. The second-order valence-electron chi connectivity index (χ2n) is 15.0. The summed E-state index contributed by atoms with van der Waals surface area (Å²) in [5.74, 6) is -11.4. The highest BCUT2D eigenvalue weighted by Crippen LogP contribution is 2.59. The van der Waals surface area contributed by atoms with Gasteiger partial charge in [0.05, 0.1) is 33.7 Å². The smallest absolute Gasteiger partial charge is 0.433 e. The van der Waals surface area contributed by atoms with Crippen molar-refractivity contribution in [2.75, 3.05) is 24.1 Å². The van der Waals surface area contributed by atoms with Gasteiger partial charge in [0.25, 0.3) is 23.6 Å². The van der Waals surface area contributed by atoms with Crippen molar-refractivity contribution in [1.29, 1.82) is 0 Å². The molecule has 4 heterocycles. The van der Waals surface area contributed by atoms with Crippen molar-refractivity contribution in [1.82, 2.24) is 20.0 Å². The van der Waals surface area contributed by atoms with Crippen molar-refractivity contribution in [3.05, 3.63) is 117 Å². The van der Waals surface area contributed by atoms with Crippen LogP contribution < -0.4 is 14.8 Å². The average Bonchev–Trinajstić information content (AvgIpc) is 3.62. The third-order valence-electron chi connectivity index (χ3n) is 11.6. The number of carbonyl (C=O) groups excluding carboxylic acids is 4. The number of hydrazine groups is 2. The number of pyridine rings is 2. The zero-order valence-corrected chi connectivity index (χ0v) is 33.3. The summed E-state index contributed by atoms with van der Waals surface area (Å²) in [6.07, 6.45) is -8.40. The Balaban J connectivity index is 1.18. The molecule has 4 aromatic rings. The molecule has 2 aromatic heterocycles. The SMILES string of the molecule is CN(c1nc(C(F)(F)F)ccc1Cl)N1C(=O)[C@H]2[C@H](CC=C3[C@H]2C[C@H]2C(=O)N(N(C)c4nc(C(F)(F)F)ccc4Cl)C(=O)[C@H]2[C@H]3c2ccc(OCc3ccccc3)cc2O)C1=O. The Morgan fingerprint density at radius 2 is 1.26 bits per heavy atom. The van der Waals surface area contributed by atoms with E-state index in [4.69, 9.17) is 27.9 Å². The van der Waals surface area contributed by atoms with Gasteiger partial charge in [0.2, 0.25) is 0 Å². The van der Waals surface area contributed by atoms with Crippen LogP contribution in [0.2, 0.25) is 10.0 Å². The minimum Gasteiger partial charge on any atom is -0.508 e. The number of halogens is 8. The van der Waals surface area contributed by atoms with Crippen molar-refractivity contribution in [2.45, 2.75) is 37.7 Å². The fourth-order valence-corrected chi connectivity index (χ4v) is 9.39. The molecule has 318 valence electrons. The van der Waals surface area contributed by atoms with Crippen LogP contribution in [0.5, 0.6) is 11.5 Å². The number of aromatic hydroxyl groups is 1. The van der Waals surface area contributed by atoms with Crippen molar-refractivity contribution in [3.63, 3.8) is 0 Å². The molecule has 1 N–H and O–H groups in total. The van der Waals surface area contributed by atoms with Gasteiger partial charge in [-0.25, -0.2) is 9.97 Å². The molecule has 3 fully saturated rings. The minimum absolute atomic E-state index is 0.0718. The maximum Gasteiger partial charge on any atom is 0.433 e. The number of benzene rings is 2. The molecule has 0 unspecified atom stereocenters. The fourth-order valence-electron chi connectivity index (χ4n) is 8.93. The molecule has 4 aliphatic rings. The number of ether oxygens (including phenoxy) is 1. The van der Waals surface area contributed by atoms with Gasteiger partial charge in [-0.1, -0.05) is 71.2 Å². The predicted octanol–water partition coefficient (Wildman–Crippen LogP) is 7.84. The number of rotatable bonds is 8. The summed E-state index contributed by atoms with van der Waals surface area (Å²) in [5.41, 5.74) is -1.24. The molecule has 61 heavy (non-hydrogen) atoms. The lowest BCUT2D eigenvalue weighted by atomic mass is 9.57. The summed E-state index contributed by atoms with van der Waals surface area (Å²) < 4.78 is 88.1. The van der Waals surface area contributed by atoms with Gasteiger partial charge in [-0.15, -0.1) is 0 Å². The van der Waals surface area contributed by atoms with Crippen LogP contribution in [0, 0.1) is 29.6 Å². The van der Waals surface area contributed by atoms with Crippen LogP contribution in [0.1, 0.15) is 41.3 Å². The molecule has 6 atom stereocenters. The molecule has 0 spiro atoms. The van der Waals surface area contributed by atoms with Crippen LogP contribution in [-0.2, 0) is 38.1 Å². The number of imide groups is 2. The van der Waals surface area contributed by atoms with Gasteiger partial charge < -0.3 is 9.84 Å². The molecule has 2 aliphatic heterocycles. The second-order valence-corrected chi connectivity index (χ2v) is 15.9. The monoisotopic (exact) mass is 888 g/mol. The van der Waals surface area contributed by atoms with Gasteiger partial charge in [0.1, 0.15) is 29.5 Å². The molecule has 20 heteroatoms. The summed E-state index contributed by atoms with van der Waals surface area (Å²) in [6.45, 7) is 0.146. The second kappa shape index (κ2) is 15.2. The minimum atomic E-state index is -4.90. The number of nitrogens with zero attached hydrogens (tertiary/aromatic N) is 6. The topological polar surface area (TPSA) is 136 Å². The van der Waals surface area contributed by atoms with Gasteiger partial charge >= 0.3 is 12.4 Å². The Kier molecular flexibility index (Phi) is 10.4. The normalized spacial score (nSPS) is 23.7. The Morgan fingerprint density at radius 1 is 0.721 bits per heavy atom. The highest BCUT2D eigenvalue weighted by Gasteiger charge is 2.63. The van der Waals surface area contributed by atoms with E-state index in [0.717, 1.165) is 41.8 Å². The zero-order chi connectivity index (χ0) is 43.9. The van der Waals surface area contributed by atoms with Gasteiger partial charge in [-0.3, -0.25) is 29.2 Å². The molecule has 2 aliphatic carbocycles. The molecule has 12 nitrogen and oxygen atoms in total. The van der Waals surface area contributed by atoms with E-state index >= 15 is 0 Å². The van der Waals surface area contributed by atoms with Crippen LogP contribution in [-0.4, -0.2) is 62.8 Å². The van der Waals surface area contributed by atoms with Crippen LogP contribution in [0.3, 0.4) is 0 Å². The molecule has 2 saturated heterocycles. The first-order chi connectivity index (χ1) is 28.8. The van der Waals surface area contributed by atoms with Gasteiger partial charge in [-0.2, -0.15) is 36.4 Å². The number of phenols is 1. The molecular formula is C41H32Cl2F6N6O6. The van der Waals surface area contributed by atoms with Crippen LogP contribution >= 0.6 is 23.2 Å². The van der Waals surface area contributed by atoms with Crippen LogP contribution in [0.4, 0.5) is 38.0 Å². The van der Waals surface area contributed by atoms with Crippen molar-refractivity contribution in [2.24, 2.45) is 29.6 Å². The summed E-state index contributed by atoms with van der Waals surface area (Å²) in [7, 11) is 2.31. The molecule has 0 bridgehead atoms. The standard InChI is InChI=1S/C41H32Cl2F6N6O6/c1-52(34-26(42)12-14-29(50-34)40(44,45)46)54-36(57)23-11-10-21-24(32(23)38(54)59)17-25-33(31(21)22-9-8-20(16-28(22)56)61-18-19-6-4-3-5-7-19)39(60)55(37(25)58)53(2)35-27(43)13-15-30(51-35)41(47,48)49/h3-10,12-16,23-25,31-33,56H,11,17-18H2,1-2H3/t23-,24+,25+,31+,32-,33+/m0/s1. The predicted molar refractivity (Wildman–Crippen MR) is 205 cm³/mol. The Morgan fingerprint density at radius 3 is 1.80 bits per heavy atom. The number of carbonyl (C=O) groups is 4. The number of hydrogen-bond acceptors (Lipinski definition) is 10. The van der Waals surface area contributed by atoms with E-state index in [1.165, 1.54) is 12.1 Å². The summed E-state index contributed by atoms with van der Waals surface area (Å²) in [6, 6.07) is 16.7. The third-order valence-corrected chi connectivity index (χ3v) is 12.2. The summed E-state index contributed by atoms with van der Waals surface area (Å²) in [5, 5.41) is 14.0. The first-order valence-electron chi connectivity index (χ1n) is 18.7. The Hall–Kier alpha value is -5.88. The van der Waals surface area contributed by atoms with E-state index in [9.17, 15) is 50.6 Å². The van der Waals surface area contributed by atoms with Gasteiger partial charge in [0.15, 0.2) is 11.6 Å². The highest BCUT2D eigenvalue weighted by atomic mass is 35.5. The highest BCUT2D eigenvalue weighted by molar-refractivity contribution is 6.33.